The first-order chi connectivity index (χ1) is 6.02. The van der Waals surface area contributed by atoms with Crippen LogP contribution in [0.2, 0.25) is 0 Å². The van der Waals surface area contributed by atoms with Crippen molar-refractivity contribution in [2.45, 2.75) is 13.1 Å². The van der Waals surface area contributed by atoms with Crippen molar-refractivity contribution in [3.8, 4) is 11.1 Å². The minimum absolute atomic E-state index is 0.368. The molecule has 0 saturated carbocycles. The average Bonchev–Trinajstić information content (AvgIpc) is 2.51. The maximum Gasteiger partial charge on any atom is 0.417 e. The van der Waals surface area contributed by atoms with Crippen LogP contribution >= 0.6 is 0 Å². The van der Waals surface area contributed by atoms with E-state index in [1.54, 1.807) is 6.07 Å². The maximum absolute atomic E-state index is 11.8. The Kier molecular flexibility index (Phi) is 2.61. The lowest BCUT2D eigenvalue weighted by atomic mass is 10.4. The van der Waals surface area contributed by atoms with Crippen LogP contribution in [0, 0.1) is 0 Å². The number of fused-ring (bicyclic) bond motifs is 1. The van der Waals surface area contributed by atoms with Crippen LogP contribution in [-0.4, -0.2) is 6.54 Å². The third kappa shape index (κ3) is 2.01. The van der Waals surface area contributed by atoms with Gasteiger partial charge < -0.3 is 5.73 Å². The molecular formula is C9H10F3N. The second kappa shape index (κ2) is 3.38. The molecule has 0 bridgehead atoms. The minimum atomic E-state index is -4.13. The highest BCUT2D eigenvalue weighted by Gasteiger charge is 2.44. The zero-order valence-corrected chi connectivity index (χ0v) is 7.15. The molecule has 0 aromatic carbocycles. The Morgan fingerprint density at radius 2 is 1.62 bits per heavy atom. The molecule has 0 fully saturated rings. The molecular weight excluding hydrogens is 179 g/mol. The van der Waals surface area contributed by atoms with Gasteiger partial charge in [-0.05, 0) is 17.7 Å². The lowest BCUT2D eigenvalue weighted by Gasteiger charge is -1.95. The van der Waals surface area contributed by atoms with Gasteiger partial charge in [0.2, 0.25) is 0 Å². The van der Waals surface area contributed by atoms with Crippen molar-refractivity contribution in [1.82, 2.24) is 0 Å². The normalized spacial score (nSPS) is 11.8. The van der Waals surface area contributed by atoms with Gasteiger partial charge in [-0.3, -0.25) is 0 Å². The molecule has 0 unspecified atom stereocenters. The fraction of sp³-hybridized carbons (Fsp3) is 0.333. The molecule has 4 heteroatoms. The Morgan fingerprint density at radius 3 is 1.85 bits per heavy atom. The summed E-state index contributed by atoms with van der Waals surface area (Å²) in [6.45, 7) is 2.65. The van der Waals surface area contributed by atoms with E-state index in [2.05, 4.69) is 0 Å². The van der Waals surface area contributed by atoms with Gasteiger partial charge in [-0.25, -0.2) is 0 Å². The number of alkyl halides is 3. The first-order valence-corrected chi connectivity index (χ1v) is 3.93. The summed E-state index contributed by atoms with van der Waals surface area (Å²) in [5.74, 6) is 0. The van der Waals surface area contributed by atoms with Crippen molar-refractivity contribution in [3.05, 3.63) is 23.8 Å². The summed E-state index contributed by atoms with van der Waals surface area (Å²) >= 11 is 0. The fourth-order valence-corrected chi connectivity index (χ4v) is 1.11. The van der Waals surface area contributed by atoms with Crippen LogP contribution in [0.25, 0.3) is 11.1 Å². The number of halogens is 3. The van der Waals surface area contributed by atoms with E-state index in [0.29, 0.717) is 11.1 Å². The van der Waals surface area contributed by atoms with Crippen molar-refractivity contribution in [1.29, 1.82) is 0 Å². The van der Waals surface area contributed by atoms with Gasteiger partial charge in [0.15, 0.2) is 0 Å². The highest BCUT2D eigenvalue weighted by molar-refractivity contribution is 5.90. The molecule has 13 heavy (non-hydrogen) atoms. The van der Waals surface area contributed by atoms with Gasteiger partial charge in [0.1, 0.15) is 0 Å². The quantitative estimate of drug-likeness (QED) is 0.677. The Bertz CT molecular complexity index is 284. The van der Waals surface area contributed by atoms with E-state index in [4.69, 9.17) is 5.73 Å². The SMILES string of the molecule is CCN.FC(F)(F)c1c2cccc1-2. The van der Waals surface area contributed by atoms with Gasteiger partial charge in [0.05, 0.1) is 5.56 Å². The summed E-state index contributed by atoms with van der Waals surface area (Å²) < 4.78 is 35.5. The van der Waals surface area contributed by atoms with E-state index in [9.17, 15) is 13.2 Å². The fourth-order valence-electron chi connectivity index (χ4n) is 1.11. The molecule has 2 N–H and O–H groups in total. The Balaban J connectivity index is 0.000000251. The number of benzene rings is 1. The first-order valence-electron chi connectivity index (χ1n) is 3.93. The second-order valence-electron chi connectivity index (χ2n) is 2.63. The van der Waals surface area contributed by atoms with Crippen molar-refractivity contribution >= 4 is 0 Å². The van der Waals surface area contributed by atoms with Gasteiger partial charge in [0.25, 0.3) is 0 Å². The molecule has 2 aliphatic rings. The summed E-state index contributed by atoms with van der Waals surface area (Å²) in [5.41, 5.74) is 5.15. The van der Waals surface area contributed by atoms with Crippen molar-refractivity contribution in [2.75, 3.05) is 6.54 Å². The molecule has 0 radical (unpaired) electrons. The lowest BCUT2D eigenvalue weighted by Crippen LogP contribution is -1.97. The Hall–Kier alpha value is -1.03. The molecule has 2 aliphatic carbocycles. The summed E-state index contributed by atoms with van der Waals surface area (Å²) in [6, 6.07) is 4.59. The van der Waals surface area contributed by atoms with Crippen LogP contribution in [0.4, 0.5) is 13.2 Å². The van der Waals surface area contributed by atoms with E-state index < -0.39 is 11.7 Å². The van der Waals surface area contributed by atoms with Gasteiger partial charge >= 0.3 is 6.18 Å². The molecule has 72 valence electrons. The standard InChI is InChI=1S/C7H3F3.C2H7N/c8-7(9,10)6-4-2-1-3-5(4)6;1-2-3/h1-3H;2-3H2,1H3. The monoisotopic (exact) mass is 189 g/mol. The third-order valence-electron chi connectivity index (χ3n) is 1.58. The van der Waals surface area contributed by atoms with Gasteiger partial charge in [0, 0.05) is 0 Å². The van der Waals surface area contributed by atoms with E-state index in [1.807, 2.05) is 6.92 Å². The Morgan fingerprint density at radius 1 is 1.23 bits per heavy atom. The van der Waals surface area contributed by atoms with E-state index in [0.717, 1.165) is 6.54 Å². The predicted molar refractivity (Wildman–Crippen MR) is 45.2 cm³/mol. The topological polar surface area (TPSA) is 26.0 Å². The first kappa shape index (κ1) is 10.1. The molecule has 0 spiro atoms. The minimum Gasteiger partial charge on any atom is -0.331 e. The smallest absolute Gasteiger partial charge is 0.331 e. The van der Waals surface area contributed by atoms with Crippen LogP contribution in [-0.2, 0) is 6.18 Å². The van der Waals surface area contributed by atoms with Crippen molar-refractivity contribution in [3.63, 3.8) is 0 Å². The Labute approximate surface area is 74.4 Å². The second-order valence-corrected chi connectivity index (χ2v) is 2.63. The molecule has 0 saturated heterocycles. The van der Waals surface area contributed by atoms with Crippen molar-refractivity contribution < 1.29 is 13.2 Å². The molecule has 0 atom stereocenters. The summed E-state index contributed by atoms with van der Waals surface area (Å²) in [6.07, 6.45) is -4.13. The van der Waals surface area contributed by atoms with Gasteiger partial charge in [-0.15, -0.1) is 0 Å². The van der Waals surface area contributed by atoms with Crippen LogP contribution in [0.3, 0.4) is 0 Å². The summed E-state index contributed by atoms with van der Waals surface area (Å²) in [4.78, 5) is 0. The van der Waals surface area contributed by atoms with Crippen LogP contribution in [0.15, 0.2) is 18.2 Å². The number of rotatable bonds is 0. The average molecular weight is 189 g/mol. The highest BCUT2D eigenvalue weighted by atomic mass is 19.4. The third-order valence-corrected chi connectivity index (χ3v) is 1.58. The molecule has 2 rings (SSSR count). The zero-order chi connectivity index (χ0) is 10.1. The summed E-state index contributed by atoms with van der Waals surface area (Å²) in [7, 11) is 0. The largest absolute Gasteiger partial charge is 0.417 e. The highest BCUT2D eigenvalue weighted by Crippen LogP contribution is 2.52. The zero-order valence-electron chi connectivity index (χ0n) is 7.15. The van der Waals surface area contributed by atoms with Crippen molar-refractivity contribution in [2.24, 2.45) is 5.73 Å². The maximum atomic E-state index is 11.8. The number of hydrogen-bond donors (Lipinski definition) is 1. The molecule has 0 aromatic heterocycles. The molecule has 0 amide bonds. The lowest BCUT2D eigenvalue weighted by molar-refractivity contribution is -0.133. The van der Waals surface area contributed by atoms with E-state index >= 15 is 0 Å². The number of hydrogen-bond acceptors (Lipinski definition) is 1. The van der Waals surface area contributed by atoms with Gasteiger partial charge in [-0.1, -0.05) is 25.1 Å². The number of nitrogens with two attached hydrogens (primary N) is 1. The van der Waals surface area contributed by atoms with Crippen LogP contribution in [0.1, 0.15) is 12.5 Å². The molecule has 1 nitrogen and oxygen atoms in total. The van der Waals surface area contributed by atoms with E-state index in [1.165, 1.54) is 12.1 Å². The molecule has 0 aliphatic heterocycles. The van der Waals surface area contributed by atoms with E-state index in [-0.39, 0.29) is 0 Å². The van der Waals surface area contributed by atoms with Gasteiger partial charge in [-0.2, -0.15) is 13.2 Å². The van der Waals surface area contributed by atoms with Crippen LogP contribution < -0.4 is 5.73 Å². The molecule has 0 aromatic rings. The molecule has 0 heterocycles. The summed E-state index contributed by atoms with van der Waals surface area (Å²) in [5, 5.41) is 0. The van der Waals surface area contributed by atoms with Crippen LogP contribution in [0.5, 0.6) is 0 Å². The predicted octanol–water partition coefficient (Wildman–Crippen LogP) is 2.65.